The zero-order valence-corrected chi connectivity index (χ0v) is 20.2. The molecule has 0 aliphatic carbocycles. The van der Waals surface area contributed by atoms with Crippen LogP contribution >= 0.6 is 0 Å². The summed E-state index contributed by atoms with van der Waals surface area (Å²) in [4.78, 5) is 35.1. The predicted octanol–water partition coefficient (Wildman–Crippen LogP) is 2.25. The molecule has 2 aromatic carbocycles. The first-order valence-electron chi connectivity index (χ1n) is 11.8. The van der Waals surface area contributed by atoms with Gasteiger partial charge in [-0.2, -0.15) is 4.98 Å². The Morgan fingerprint density at radius 1 is 0.829 bits per heavy atom. The Morgan fingerprint density at radius 3 is 2.09 bits per heavy atom. The first kappa shape index (κ1) is 23.0. The Bertz CT molecular complexity index is 1480. The van der Waals surface area contributed by atoms with Crippen LogP contribution in [0.4, 0.5) is 10.3 Å². The highest BCUT2D eigenvalue weighted by molar-refractivity contribution is 5.75. The van der Waals surface area contributed by atoms with Gasteiger partial charge < -0.3 is 4.90 Å². The summed E-state index contributed by atoms with van der Waals surface area (Å²) >= 11 is 0. The van der Waals surface area contributed by atoms with Gasteiger partial charge in [0, 0.05) is 46.8 Å². The van der Waals surface area contributed by atoms with E-state index in [1.54, 1.807) is 7.05 Å². The van der Waals surface area contributed by atoms with Crippen molar-refractivity contribution in [1.29, 1.82) is 0 Å². The first-order chi connectivity index (χ1) is 16.8. The Morgan fingerprint density at radius 2 is 1.43 bits per heavy atom. The van der Waals surface area contributed by atoms with Gasteiger partial charge >= 0.3 is 5.69 Å². The van der Waals surface area contributed by atoms with Gasteiger partial charge in [-0.15, -0.1) is 0 Å². The Balaban J connectivity index is 1.48. The van der Waals surface area contributed by atoms with Crippen molar-refractivity contribution in [2.75, 3.05) is 31.1 Å². The second-order valence-electron chi connectivity index (χ2n) is 9.25. The zero-order valence-electron chi connectivity index (χ0n) is 20.2. The number of nitrogens with zero attached hydrogens (tertiary/aromatic N) is 6. The van der Waals surface area contributed by atoms with Crippen LogP contribution in [0.3, 0.4) is 0 Å². The van der Waals surface area contributed by atoms with Crippen molar-refractivity contribution in [2.45, 2.75) is 20.0 Å². The van der Waals surface area contributed by atoms with E-state index < -0.39 is 5.69 Å². The normalized spacial score (nSPS) is 14.7. The van der Waals surface area contributed by atoms with Crippen LogP contribution in [0.5, 0.6) is 0 Å². The van der Waals surface area contributed by atoms with Crippen LogP contribution in [0.2, 0.25) is 0 Å². The number of anilines is 1. The summed E-state index contributed by atoms with van der Waals surface area (Å²) in [5.41, 5.74) is 3.39. The molecule has 1 aliphatic heterocycles. The molecule has 1 aliphatic rings. The lowest BCUT2D eigenvalue weighted by molar-refractivity contribution is 0.248. The van der Waals surface area contributed by atoms with E-state index in [2.05, 4.69) is 34.1 Å². The van der Waals surface area contributed by atoms with Crippen LogP contribution < -0.4 is 16.1 Å². The Labute approximate surface area is 202 Å². The van der Waals surface area contributed by atoms with Crippen LogP contribution in [0, 0.1) is 12.7 Å². The van der Waals surface area contributed by atoms with E-state index in [1.807, 2.05) is 23.6 Å². The van der Waals surface area contributed by atoms with Crippen LogP contribution in [0.15, 0.2) is 58.1 Å². The van der Waals surface area contributed by atoms with Crippen molar-refractivity contribution >= 4 is 17.1 Å². The Kier molecular flexibility index (Phi) is 6.02. The van der Waals surface area contributed by atoms with E-state index >= 15 is 0 Å². The molecule has 4 aromatic rings. The molecule has 0 unspecified atom stereocenters. The summed E-state index contributed by atoms with van der Waals surface area (Å²) in [6, 6.07) is 14.8. The molecule has 2 aromatic heterocycles. The smallest absolute Gasteiger partial charge is 0.332 e. The van der Waals surface area contributed by atoms with Gasteiger partial charge in [-0.3, -0.25) is 23.4 Å². The van der Waals surface area contributed by atoms with Gasteiger partial charge in [0.05, 0.1) is 6.54 Å². The van der Waals surface area contributed by atoms with E-state index in [-0.39, 0.29) is 11.4 Å². The fraction of sp³-hybridized carbons (Fsp3) is 0.346. The summed E-state index contributed by atoms with van der Waals surface area (Å²) in [6.45, 7) is 6.35. The third-order valence-electron chi connectivity index (χ3n) is 6.76. The fourth-order valence-corrected chi connectivity index (χ4v) is 4.66. The van der Waals surface area contributed by atoms with Gasteiger partial charge in [0.25, 0.3) is 5.56 Å². The molecule has 0 saturated carbocycles. The lowest BCUT2D eigenvalue weighted by Gasteiger charge is -2.35. The van der Waals surface area contributed by atoms with E-state index in [4.69, 9.17) is 4.98 Å². The number of fused-ring (bicyclic) bond motifs is 1. The molecule has 0 bridgehead atoms. The number of aromatic nitrogens is 4. The molecule has 1 saturated heterocycles. The van der Waals surface area contributed by atoms with Crippen molar-refractivity contribution in [3.8, 4) is 0 Å². The first-order valence-corrected chi connectivity index (χ1v) is 11.8. The number of imidazole rings is 1. The number of piperazine rings is 1. The van der Waals surface area contributed by atoms with Crippen LogP contribution in [0.25, 0.3) is 11.2 Å². The summed E-state index contributed by atoms with van der Waals surface area (Å²) in [5.74, 6) is 0.465. The van der Waals surface area contributed by atoms with Crippen molar-refractivity contribution in [1.82, 2.24) is 23.6 Å². The van der Waals surface area contributed by atoms with Crippen molar-refractivity contribution in [2.24, 2.45) is 14.1 Å². The number of rotatable bonds is 5. The van der Waals surface area contributed by atoms with E-state index in [0.717, 1.165) is 48.4 Å². The molecule has 3 heterocycles. The van der Waals surface area contributed by atoms with Crippen molar-refractivity contribution in [3.05, 3.63) is 91.9 Å². The maximum absolute atomic E-state index is 13.2. The molecule has 8 nitrogen and oxygen atoms in total. The number of hydrogen-bond acceptors (Lipinski definition) is 5. The minimum absolute atomic E-state index is 0.230. The highest BCUT2D eigenvalue weighted by atomic mass is 19.1. The van der Waals surface area contributed by atoms with E-state index in [9.17, 15) is 14.0 Å². The van der Waals surface area contributed by atoms with Crippen molar-refractivity contribution in [3.63, 3.8) is 0 Å². The average molecular weight is 477 g/mol. The summed E-state index contributed by atoms with van der Waals surface area (Å²) in [5, 5.41) is 0. The number of hydrogen-bond donors (Lipinski definition) is 0. The lowest BCUT2D eigenvalue weighted by atomic mass is 10.1. The third-order valence-corrected chi connectivity index (χ3v) is 6.76. The third kappa shape index (κ3) is 4.39. The fourth-order valence-electron chi connectivity index (χ4n) is 4.66. The van der Waals surface area contributed by atoms with Gasteiger partial charge in [-0.25, -0.2) is 9.18 Å². The summed E-state index contributed by atoms with van der Waals surface area (Å²) in [7, 11) is 3.15. The molecule has 9 heteroatoms. The predicted molar refractivity (Wildman–Crippen MR) is 134 cm³/mol. The highest BCUT2D eigenvalue weighted by Gasteiger charge is 2.25. The number of aryl methyl sites for hydroxylation is 2. The summed E-state index contributed by atoms with van der Waals surface area (Å²) < 4.78 is 17.8. The minimum atomic E-state index is -0.391. The molecule has 0 N–H and O–H groups in total. The van der Waals surface area contributed by atoms with Crippen molar-refractivity contribution < 1.29 is 4.39 Å². The molecule has 35 heavy (non-hydrogen) atoms. The SMILES string of the molecule is Cc1ccc(Cn2c(N3CCN(Cc4ccc(F)cc4)CC3)nc3c2c(=O)n(C)c(=O)n3C)cc1. The molecule has 0 atom stereocenters. The average Bonchev–Trinajstić information content (AvgIpc) is 3.24. The molecule has 0 amide bonds. The van der Waals surface area contributed by atoms with Gasteiger partial charge in [0.15, 0.2) is 11.2 Å². The monoisotopic (exact) mass is 476 g/mol. The molecule has 182 valence electrons. The molecular formula is C26H29FN6O2. The second kappa shape index (κ2) is 9.14. The minimum Gasteiger partial charge on any atom is -0.340 e. The van der Waals surface area contributed by atoms with Gasteiger partial charge in [-0.05, 0) is 30.2 Å². The molecule has 0 radical (unpaired) electrons. The van der Waals surface area contributed by atoms with Gasteiger partial charge in [-0.1, -0.05) is 42.0 Å². The van der Waals surface area contributed by atoms with E-state index in [1.165, 1.54) is 29.3 Å². The zero-order chi connectivity index (χ0) is 24.7. The highest BCUT2D eigenvalue weighted by Crippen LogP contribution is 2.23. The number of benzene rings is 2. The van der Waals surface area contributed by atoms with Gasteiger partial charge in [0.1, 0.15) is 5.82 Å². The topological polar surface area (TPSA) is 68.3 Å². The molecular weight excluding hydrogens is 447 g/mol. The molecule has 0 spiro atoms. The molecule has 1 fully saturated rings. The van der Waals surface area contributed by atoms with E-state index in [0.29, 0.717) is 23.7 Å². The van der Waals surface area contributed by atoms with Crippen LogP contribution in [-0.4, -0.2) is 49.8 Å². The maximum Gasteiger partial charge on any atom is 0.332 e. The van der Waals surface area contributed by atoms with Crippen LogP contribution in [0.1, 0.15) is 16.7 Å². The number of halogens is 1. The van der Waals surface area contributed by atoms with Crippen LogP contribution in [-0.2, 0) is 27.2 Å². The second-order valence-corrected chi connectivity index (χ2v) is 9.25. The standard InChI is InChI=1S/C26H29FN6O2/c1-18-4-6-20(7-5-18)17-33-22-23(29(2)26(35)30(3)24(22)34)28-25(33)32-14-12-31(13-15-32)16-19-8-10-21(27)11-9-19/h4-11H,12-17H2,1-3H3. The summed E-state index contributed by atoms with van der Waals surface area (Å²) in [6.07, 6.45) is 0. The largest absolute Gasteiger partial charge is 0.340 e. The Hall–Kier alpha value is -3.72. The quantitative estimate of drug-likeness (QED) is 0.442. The van der Waals surface area contributed by atoms with Gasteiger partial charge in [0.2, 0.25) is 5.95 Å². The maximum atomic E-state index is 13.2. The lowest BCUT2D eigenvalue weighted by Crippen LogP contribution is -2.47. The molecule has 5 rings (SSSR count).